The van der Waals surface area contributed by atoms with Gasteiger partial charge in [-0.05, 0) is 29.7 Å². The number of alkyl halides is 3. The highest BCUT2D eigenvalue weighted by atomic mass is 19.4. The molecule has 0 amide bonds. The largest absolute Gasteiger partial charge is 0.416 e. The third-order valence-electron chi connectivity index (χ3n) is 3.77. The molecule has 3 nitrogen and oxygen atoms in total. The lowest BCUT2D eigenvalue weighted by molar-refractivity contribution is -0.137. The lowest BCUT2D eigenvalue weighted by Gasteiger charge is -2.19. The van der Waals surface area contributed by atoms with Crippen LogP contribution in [0.3, 0.4) is 0 Å². The molecule has 2 atom stereocenters. The van der Waals surface area contributed by atoms with Crippen LogP contribution in [0.1, 0.15) is 16.7 Å². The molecule has 0 saturated carbocycles. The van der Waals surface area contributed by atoms with Crippen molar-refractivity contribution in [2.24, 2.45) is 5.73 Å². The number of nitrogens with one attached hydrogen (secondary N) is 1. The van der Waals surface area contributed by atoms with Crippen LogP contribution in [-0.2, 0) is 19.1 Å². The average Bonchev–Trinajstić information content (AvgIpc) is 2.55. The Labute approximate surface area is 139 Å². The molecule has 0 aliphatic rings. The van der Waals surface area contributed by atoms with Crippen LogP contribution in [0.4, 0.5) is 13.2 Å². The molecule has 2 rings (SSSR count). The summed E-state index contributed by atoms with van der Waals surface area (Å²) in [5, 5.41) is 13.1. The fourth-order valence-electron chi connectivity index (χ4n) is 2.35. The predicted octanol–water partition coefficient (Wildman–Crippen LogP) is 2.73. The Morgan fingerprint density at radius 1 is 0.958 bits per heavy atom. The molecule has 2 aromatic carbocycles. The first-order valence-corrected chi connectivity index (χ1v) is 7.70. The van der Waals surface area contributed by atoms with E-state index in [0.717, 1.165) is 17.7 Å². The van der Waals surface area contributed by atoms with Crippen molar-refractivity contribution in [1.29, 1.82) is 0 Å². The highest BCUT2D eigenvalue weighted by Crippen LogP contribution is 2.29. The van der Waals surface area contributed by atoms with Crippen LogP contribution in [0.2, 0.25) is 0 Å². The van der Waals surface area contributed by atoms with Gasteiger partial charge in [-0.2, -0.15) is 13.2 Å². The van der Waals surface area contributed by atoms with Gasteiger partial charge in [0.25, 0.3) is 0 Å². The van der Waals surface area contributed by atoms with Crippen molar-refractivity contribution >= 4 is 0 Å². The number of hydrogen-bond donors (Lipinski definition) is 3. The van der Waals surface area contributed by atoms with Crippen molar-refractivity contribution in [2.75, 3.05) is 6.54 Å². The van der Waals surface area contributed by atoms with E-state index >= 15 is 0 Å². The number of benzene rings is 2. The Kier molecular flexibility index (Phi) is 6.36. The molecular formula is C18H21F3N2O. The van der Waals surface area contributed by atoms with Gasteiger partial charge in [0.05, 0.1) is 11.7 Å². The molecule has 0 aromatic heterocycles. The quantitative estimate of drug-likeness (QED) is 0.728. The monoisotopic (exact) mass is 338 g/mol. The fraction of sp³-hybridized carbons (Fsp3) is 0.333. The van der Waals surface area contributed by atoms with Crippen molar-refractivity contribution < 1.29 is 18.3 Å². The zero-order chi connectivity index (χ0) is 17.6. The maximum atomic E-state index is 12.5. The molecule has 0 radical (unpaired) electrons. The summed E-state index contributed by atoms with van der Waals surface area (Å²) in [5.41, 5.74) is 7.07. The van der Waals surface area contributed by atoms with E-state index in [2.05, 4.69) is 5.32 Å². The number of halogens is 3. The third kappa shape index (κ3) is 5.63. The van der Waals surface area contributed by atoms with Crippen molar-refractivity contribution in [3.63, 3.8) is 0 Å². The van der Waals surface area contributed by atoms with Crippen LogP contribution in [-0.4, -0.2) is 23.8 Å². The summed E-state index contributed by atoms with van der Waals surface area (Å²) in [6.07, 6.45) is -4.50. The first-order chi connectivity index (χ1) is 11.4. The van der Waals surface area contributed by atoms with Gasteiger partial charge in [0.1, 0.15) is 0 Å². The minimum absolute atomic E-state index is 0.273. The second-order valence-electron chi connectivity index (χ2n) is 5.75. The Morgan fingerprint density at radius 3 is 2.17 bits per heavy atom. The van der Waals surface area contributed by atoms with Gasteiger partial charge >= 0.3 is 6.18 Å². The molecule has 0 fully saturated rings. The number of aliphatic hydroxyl groups excluding tert-OH is 1. The van der Waals surface area contributed by atoms with Gasteiger partial charge in [-0.25, -0.2) is 0 Å². The molecule has 0 spiro atoms. The SMILES string of the molecule is NC(Cc1ccccc1)[C@@H](O)CNCc1ccc(C(F)(F)F)cc1. The maximum absolute atomic E-state index is 12.5. The van der Waals surface area contributed by atoms with Crippen LogP contribution in [0.25, 0.3) is 0 Å². The molecule has 24 heavy (non-hydrogen) atoms. The van der Waals surface area contributed by atoms with Gasteiger partial charge in [-0.1, -0.05) is 42.5 Å². The van der Waals surface area contributed by atoms with Crippen molar-refractivity contribution in [2.45, 2.75) is 31.3 Å². The van der Waals surface area contributed by atoms with E-state index in [4.69, 9.17) is 5.73 Å². The summed E-state index contributed by atoms with van der Waals surface area (Å²) in [6.45, 7) is 0.641. The Balaban J connectivity index is 1.76. The normalized spacial score (nSPS) is 14.4. The topological polar surface area (TPSA) is 58.3 Å². The summed E-state index contributed by atoms with van der Waals surface area (Å²) < 4.78 is 37.4. The molecular weight excluding hydrogens is 317 g/mol. The summed E-state index contributed by atoms with van der Waals surface area (Å²) in [5.74, 6) is 0. The van der Waals surface area contributed by atoms with Crippen LogP contribution in [0, 0.1) is 0 Å². The Morgan fingerprint density at radius 2 is 1.58 bits per heavy atom. The van der Waals surface area contributed by atoms with E-state index in [1.807, 2.05) is 30.3 Å². The van der Waals surface area contributed by atoms with E-state index in [9.17, 15) is 18.3 Å². The van der Waals surface area contributed by atoms with Gasteiger partial charge in [0.15, 0.2) is 0 Å². The lowest BCUT2D eigenvalue weighted by atomic mass is 10.0. The van der Waals surface area contributed by atoms with Crippen LogP contribution < -0.4 is 11.1 Å². The van der Waals surface area contributed by atoms with Gasteiger partial charge in [0.2, 0.25) is 0 Å². The van der Waals surface area contributed by atoms with E-state index < -0.39 is 23.9 Å². The fourth-order valence-corrected chi connectivity index (χ4v) is 2.35. The van der Waals surface area contributed by atoms with Gasteiger partial charge < -0.3 is 16.2 Å². The molecule has 2 aromatic rings. The zero-order valence-corrected chi connectivity index (χ0v) is 13.1. The third-order valence-corrected chi connectivity index (χ3v) is 3.77. The standard InChI is InChI=1S/C18H21F3N2O/c19-18(20,21)15-8-6-14(7-9-15)11-23-12-17(24)16(22)10-13-4-2-1-3-5-13/h1-9,16-17,23-24H,10-12,22H2/t16?,17-/m0/s1. The van der Waals surface area contributed by atoms with Gasteiger partial charge in [-0.15, -0.1) is 0 Å². The number of rotatable bonds is 7. The molecule has 0 bridgehead atoms. The molecule has 0 saturated heterocycles. The van der Waals surface area contributed by atoms with E-state index in [-0.39, 0.29) is 6.54 Å². The molecule has 0 heterocycles. The van der Waals surface area contributed by atoms with E-state index in [1.165, 1.54) is 12.1 Å². The van der Waals surface area contributed by atoms with Gasteiger partial charge in [-0.3, -0.25) is 0 Å². The van der Waals surface area contributed by atoms with Crippen molar-refractivity contribution in [1.82, 2.24) is 5.32 Å². The highest BCUT2D eigenvalue weighted by molar-refractivity contribution is 5.24. The smallest absolute Gasteiger partial charge is 0.390 e. The summed E-state index contributed by atoms with van der Waals surface area (Å²) in [4.78, 5) is 0. The van der Waals surface area contributed by atoms with Crippen molar-refractivity contribution in [3.05, 3.63) is 71.3 Å². The second-order valence-corrected chi connectivity index (χ2v) is 5.75. The zero-order valence-electron chi connectivity index (χ0n) is 13.1. The maximum Gasteiger partial charge on any atom is 0.416 e. The molecule has 0 aliphatic carbocycles. The van der Waals surface area contributed by atoms with Crippen LogP contribution >= 0.6 is 0 Å². The molecule has 4 N–H and O–H groups in total. The Bertz CT molecular complexity index is 614. The predicted molar refractivity (Wildman–Crippen MR) is 87.3 cm³/mol. The molecule has 1 unspecified atom stereocenters. The van der Waals surface area contributed by atoms with Crippen LogP contribution in [0.5, 0.6) is 0 Å². The molecule has 6 heteroatoms. The highest BCUT2D eigenvalue weighted by Gasteiger charge is 2.29. The summed E-state index contributed by atoms with van der Waals surface area (Å²) >= 11 is 0. The van der Waals surface area contributed by atoms with E-state index in [0.29, 0.717) is 18.5 Å². The van der Waals surface area contributed by atoms with Crippen LogP contribution in [0.15, 0.2) is 54.6 Å². The summed E-state index contributed by atoms with van der Waals surface area (Å²) in [6, 6.07) is 14.2. The number of aliphatic hydroxyl groups is 1. The number of nitrogens with two attached hydrogens (primary N) is 1. The molecule has 0 aliphatic heterocycles. The lowest BCUT2D eigenvalue weighted by Crippen LogP contribution is -2.42. The molecule has 130 valence electrons. The minimum atomic E-state index is -4.33. The average molecular weight is 338 g/mol. The van der Waals surface area contributed by atoms with Crippen molar-refractivity contribution in [3.8, 4) is 0 Å². The minimum Gasteiger partial charge on any atom is -0.390 e. The first kappa shape index (κ1) is 18.4. The second kappa shape index (κ2) is 8.28. The summed E-state index contributed by atoms with van der Waals surface area (Å²) in [7, 11) is 0. The number of hydrogen-bond acceptors (Lipinski definition) is 3. The van der Waals surface area contributed by atoms with E-state index in [1.54, 1.807) is 0 Å². The first-order valence-electron chi connectivity index (χ1n) is 7.70. The van der Waals surface area contributed by atoms with Gasteiger partial charge in [0, 0.05) is 19.1 Å². The Hall–Kier alpha value is -1.89.